The first-order chi connectivity index (χ1) is 14.4. The minimum absolute atomic E-state index is 0.220. The summed E-state index contributed by atoms with van der Waals surface area (Å²) in [5.74, 6) is -1.65. The molecule has 11 nitrogen and oxygen atoms in total. The van der Waals surface area contributed by atoms with E-state index < -0.39 is 11.9 Å². The third kappa shape index (κ3) is 5.63. The second-order valence-corrected chi connectivity index (χ2v) is 6.21. The van der Waals surface area contributed by atoms with Gasteiger partial charge in [-0.15, -0.1) is 0 Å². The van der Waals surface area contributed by atoms with Crippen molar-refractivity contribution in [1.82, 2.24) is 25.4 Å². The lowest BCUT2D eigenvalue weighted by Gasteiger charge is -2.09. The fraction of sp³-hybridized carbons (Fsp3) is 0.368. The quantitative estimate of drug-likeness (QED) is 0.529. The summed E-state index contributed by atoms with van der Waals surface area (Å²) >= 11 is 0. The summed E-state index contributed by atoms with van der Waals surface area (Å²) in [7, 11) is 2.69. The number of nitrogens with zero attached hydrogens (tertiary/aromatic N) is 3. The number of aliphatic carboxylic acids is 1. The molecule has 0 fully saturated rings. The van der Waals surface area contributed by atoms with E-state index in [-0.39, 0.29) is 11.7 Å². The van der Waals surface area contributed by atoms with Crippen molar-refractivity contribution in [1.29, 1.82) is 0 Å². The SMILES string of the molecule is CC(=O)O.COC(=O)c1n[nH]c2c1CCCC2.COC(=O)c1n[nH]c2cccnc12. The van der Waals surface area contributed by atoms with Crippen LogP contribution in [0.4, 0.5) is 0 Å². The Morgan fingerprint density at radius 2 is 1.60 bits per heavy atom. The molecule has 0 amide bonds. The van der Waals surface area contributed by atoms with E-state index in [1.165, 1.54) is 20.6 Å². The van der Waals surface area contributed by atoms with E-state index in [1.54, 1.807) is 18.3 Å². The minimum atomic E-state index is -0.833. The first kappa shape index (κ1) is 22.5. The molecule has 160 valence electrons. The fourth-order valence-electron chi connectivity index (χ4n) is 2.84. The van der Waals surface area contributed by atoms with Crippen molar-refractivity contribution in [2.75, 3.05) is 14.2 Å². The topological polar surface area (TPSA) is 160 Å². The van der Waals surface area contributed by atoms with Crippen molar-refractivity contribution < 1.29 is 29.0 Å². The highest BCUT2D eigenvalue weighted by Crippen LogP contribution is 2.22. The predicted molar refractivity (Wildman–Crippen MR) is 105 cm³/mol. The molecule has 4 rings (SSSR count). The van der Waals surface area contributed by atoms with Crippen molar-refractivity contribution in [3.63, 3.8) is 0 Å². The molecule has 0 atom stereocenters. The summed E-state index contributed by atoms with van der Waals surface area (Å²) in [4.78, 5) is 35.4. The van der Waals surface area contributed by atoms with Crippen LogP contribution in [-0.2, 0) is 27.1 Å². The number of carbonyl (C=O) groups excluding carboxylic acids is 2. The van der Waals surface area contributed by atoms with Crippen LogP contribution in [0.15, 0.2) is 18.3 Å². The number of H-pyrrole nitrogens is 2. The van der Waals surface area contributed by atoms with Gasteiger partial charge in [0.25, 0.3) is 5.97 Å². The van der Waals surface area contributed by atoms with Crippen molar-refractivity contribution in [2.45, 2.75) is 32.6 Å². The number of pyridine rings is 1. The lowest BCUT2D eigenvalue weighted by atomic mass is 9.96. The van der Waals surface area contributed by atoms with Crippen LogP contribution in [0.1, 0.15) is 52.0 Å². The summed E-state index contributed by atoms with van der Waals surface area (Å²) in [5.41, 5.74) is 4.11. The van der Waals surface area contributed by atoms with Gasteiger partial charge in [-0.1, -0.05) is 0 Å². The molecule has 3 aromatic heterocycles. The summed E-state index contributed by atoms with van der Waals surface area (Å²) in [6.45, 7) is 1.08. The van der Waals surface area contributed by atoms with Crippen LogP contribution >= 0.6 is 0 Å². The van der Waals surface area contributed by atoms with E-state index in [1.807, 2.05) is 0 Å². The molecule has 11 heteroatoms. The average molecular weight is 417 g/mol. The maximum atomic E-state index is 11.2. The zero-order chi connectivity index (χ0) is 22.1. The largest absolute Gasteiger partial charge is 0.481 e. The van der Waals surface area contributed by atoms with Gasteiger partial charge in [-0.05, 0) is 37.8 Å². The number of aryl methyl sites for hydroxylation is 1. The number of carbonyl (C=O) groups is 3. The summed E-state index contributed by atoms with van der Waals surface area (Å²) in [5, 5.41) is 20.8. The monoisotopic (exact) mass is 417 g/mol. The van der Waals surface area contributed by atoms with Crippen LogP contribution in [0.3, 0.4) is 0 Å². The zero-order valence-electron chi connectivity index (χ0n) is 16.9. The van der Waals surface area contributed by atoms with Crippen LogP contribution in [0.5, 0.6) is 0 Å². The Balaban J connectivity index is 0.000000182. The molecule has 0 bridgehead atoms. The number of aromatic amines is 2. The number of fused-ring (bicyclic) bond motifs is 2. The van der Waals surface area contributed by atoms with E-state index in [0.29, 0.717) is 11.2 Å². The molecule has 3 N–H and O–H groups in total. The summed E-state index contributed by atoms with van der Waals surface area (Å²) in [6.07, 6.45) is 5.85. The smallest absolute Gasteiger partial charge is 0.360 e. The normalized spacial score (nSPS) is 11.8. The van der Waals surface area contributed by atoms with Gasteiger partial charge in [0.1, 0.15) is 5.52 Å². The van der Waals surface area contributed by atoms with Gasteiger partial charge in [0.15, 0.2) is 11.4 Å². The standard InChI is InChI=1S/C9H12N2O2.C8H7N3O2.C2H4O2/c1-13-9(12)8-6-4-2-3-5-7(6)10-11-8;1-13-8(12)7-6-5(10-11-7)3-2-4-9-6;1-2(3)4/h2-5H2,1H3,(H,10,11);2-4H,1H3,(H,10,11);1H3,(H,3,4). The third-order valence-corrected chi connectivity index (χ3v) is 4.13. The highest BCUT2D eigenvalue weighted by Gasteiger charge is 2.21. The molecule has 1 aliphatic carbocycles. The number of esters is 2. The Labute approximate surface area is 171 Å². The minimum Gasteiger partial charge on any atom is -0.481 e. The van der Waals surface area contributed by atoms with E-state index in [9.17, 15) is 9.59 Å². The number of hydrogen-bond acceptors (Lipinski definition) is 8. The van der Waals surface area contributed by atoms with E-state index in [0.717, 1.165) is 43.0 Å². The first-order valence-corrected chi connectivity index (χ1v) is 9.10. The number of methoxy groups -OCH3 is 2. The number of aromatic nitrogens is 5. The van der Waals surface area contributed by atoms with Gasteiger partial charge in [0.2, 0.25) is 0 Å². The van der Waals surface area contributed by atoms with Crippen LogP contribution in [0, 0.1) is 0 Å². The van der Waals surface area contributed by atoms with Gasteiger partial charge in [0, 0.05) is 24.4 Å². The summed E-state index contributed by atoms with van der Waals surface area (Å²) < 4.78 is 9.18. The average Bonchev–Trinajstić information content (AvgIpc) is 3.37. The lowest BCUT2D eigenvalue weighted by molar-refractivity contribution is -0.134. The molecular weight excluding hydrogens is 394 g/mol. The molecule has 1 aliphatic rings. The number of carboxylic acids is 1. The van der Waals surface area contributed by atoms with Gasteiger partial charge in [-0.2, -0.15) is 10.2 Å². The molecule has 30 heavy (non-hydrogen) atoms. The van der Waals surface area contributed by atoms with Crippen molar-refractivity contribution >= 4 is 28.9 Å². The number of rotatable bonds is 2. The second-order valence-electron chi connectivity index (χ2n) is 6.21. The Bertz CT molecular complexity index is 1020. The van der Waals surface area contributed by atoms with Gasteiger partial charge >= 0.3 is 11.9 Å². The van der Waals surface area contributed by atoms with Crippen molar-refractivity contribution in [3.8, 4) is 0 Å². The molecule has 0 aromatic carbocycles. The number of hydrogen-bond donors (Lipinski definition) is 3. The Morgan fingerprint density at radius 1 is 1.00 bits per heavy atom. The number of nitrogens with one attached hydrogen (secondary N) is 2. The zero-order valence-corrected chi connectivity index (χ0v) is 16.9. The van der Waals surface area contributed by atoms with Gasteiger partial charge in [0.05, 0.1) is 19.7 Å². The molecule has 0 aliphatic heterocycles. The molecule has 0 radical (unpaired) electrons. The van der Waals surface area contributed by atoms with Crippen molar-refractivity contribution in [2.24, 2.45) is 0 Å². The Hall–Kier alpha value is -3.76. The molecular formula is C19H23N5O6. The lowest BCUT2D eigenvalue weighted by Crippen LogP contribution is -2.08. The van der Waals surface area contributed by atoms with E-state index in [2.05, 4.69) is 34.9 Å². The number of ether oxygens (including phenoxy) is 2. The number of carboxylic acid groups (broad SMARTS) is 1. The molecule has 0 spiro atoms. The maximum Gasteiger partial charge on any atom is 0.360 e. The third-order valence-electron chi connectivity index (χ3n) is 4.13. The van der Waals surface area contributed by atoms with E-state index >= 15 is 0 Å². The van der Waals surface area contributed by atoms with Crippen LogP contribution in [0.2, 0.25) is 0 Å². The van der Waals surface area contributed by atoms with Gasteiger partial charge in [-0.3, -0.25) is 20.0 Å². The van der Waals surface area contributed by atoms with E-state index in [4.69, 9.17) is 9.90 Å². The molecule has 0 saturated heterocycles. The predicted octanol–water partition coefficient (Wildman–Crippen LogP) is 1.91. The first-order valence-electron chi connectivity index (χ1n) is 9.10. The second kappa shape index (κ2) is 10.7. The van der Waals surface area contributed by atoms with Crippen molar-refractivity contribution in [3.05, 3.63) is 41.0 Å². The maximum absolute atomic E-state index is 11.2. The molecule has 0 saturated carbocycles. The van der Waals surface area contributed by atoms with Crippen LogP contribution in [-0.4, -0.2) is 62.6 Å². The molecule has 3 heterocycles. The molecule has 3 aromatic rings. The van der Waals surface area contributed by atoms with Gasteiger partial charge in [-0.25, -0.2) is 9.59 Å². The molecule has 0 unspecified atom stereocenters. The van der Waals surface area contributed by atoms with Crippen LogP contribution < -0.4 is 0 Å². The Morgan fingerprint density at radius 3 is 2.27 bits per heavy atom. The highest BCUT2D eigenvalue weighted by molar-refractivity contribution is 5.99. The Kier molecular flexibility index (Phi) is 8.03. The summed E-state index contributed by atoms with van der Waals surface area (Å²) in [6, 6.07) is 3.56. The highest BCUT2D eigenvalue weighted by atomic mass is 16.5. The van der Waals surface area contributed by atoms with Gasteiger partial charge < -0.3 is 14.6 Å². The van der Waals surface area contributed by atoms with Crippen LogP contribution in [0.25, 0.3) is 11.0 Å². The fourth-order valence-corrected chi connectivity index (χ4v) is 2.84.